The van der Waals surface area contributed by atoms with E-state index in [2.05, 4.69) is 4.90 Å². The summed E-state index contributed by atoms with van der Waals surface area (Å²) in [5.74, 6) is -1.71. The molecule has 0 spiro atoms. The SMILES string of the molecule is CN(CC1(N(C)C)CCC1)c1c(F)cc(C(=N)N)cc1F. The first-order valence-corrected chi connectivity index (χ1v) is 6.99. The second kappa shape index (κ2) is 5.60. The topological polar surface area (TPSA) is 56.4 Å². The molecule has 0 aliphatic heterocycles. The second-order valence-corrected chi connectivity index (χ2v) is 6.03. The molecule has 1 aromatic rings. The van der Waals surface area contributed by atoms with Crippen molar-refractivity contribution >= 4 is 11.5 Å². The van der Waals surface area contributed by atoms with Crippen LogP contribution in [0.2, 0.25) is 0 Å². The average molecular weight is 296 g/mol. The number of halogens is 2. The molecule has 4 nitrogen and oxygen atoms in total. The van der Waals surface area contributed by atoms with Gasteiger partial charge in [-0.1, -0.05) is 0 Å². The first kappa shape index (κ1) is 15.7. The molecule has 2 rings (SSSR count). The number of nitrogens with two attached hydrogens (primary N) is 1. The molecule has 0 amide bonds. The minimum Gasteiger partial charge on any atom is -0.384 e. The van der Waals surface area contributed by atoms with Crippen LogP contribution in [0.1, 0.15) is 24.8 Å². The predicted octanol–water partition coefficient (Wildman–Crippen LogP) is 2.17. The number of nitrogens with one attached hydrogen (secondary N) is 1. The fourth-order valence-electron chi connectivity index (χ4n) is 2.94. The molecule has 116 valence electrons. The van der Waals surface area contributed by atoms with Crippen molar-refractivity contribution < 1.29 is 8.78 Å². The largest absolute Gasteiger partial charge is 0.384 e. The third-order valence-corrected chi connectivity index (χ3v) is 4.47. The fraction of sp³-hybridized carbons (Fsp3) is 0.533. The van der Waals surface area contributed by atoms with Gasteiger partial charge in [-0.2, -0.15) is 0 Å². The van der Waals surface area contributed by atoms with Crippen molar-refractivity contribution in [3.05, 3.63) is 29.3 Å². The van der Waals surface area contributed by atoms with E-state index in [0.717, 1.165) is 31.4 Å². The summed E-state index contributed by atoms with van der Waals surface area (Å²) in [6, 6.07) is 2.22. The number of benzene rings is 1. The second-order valence-electron chi connectivity index (χ2n) is 6.03. The molecule has 0 aromatic heterocycles. The van der Waals surface area contributed by atoms with Crippen LogP contribution in [0.15, 0.2) is 12.1 Å². The minimum absolute atomic E-state index is 0.0210. The lowest BCUT2D eigenvalue weighted by atomic mass is 9.75. The monoisotopic (exact) mass is 296 g/mol. The van der Waals surface area contributed by atoms with Gasteiger partial charge in [0.05, 0.1) is 0 Å². The van der Waals surface area contributed by atoms with E-state index < -0.39 is 11.6 Å². The van der Waals surface area contributed by atoms with E-state index in [1.807, 2.05) is 14.1 Å². The van der Waals surface area contributed by atoms with E-state index in [9.17, 15) is 8.78 Å². The zero-order chi connectivity index (χ0) is 15.8. The lowest BCUT2D eigenvalue weighted by molar-refractivity contribution is 0.0681. The Hall–Kier alpha value is -1.69. The van der Waals surface area contributed by atoms with Crippen LogP contribution in [0.3, 0.4) is 0 Å². The van der Waals surface area contributed by atoms with Crippen LogP contribution < -0.4 is 10.6 Å². The third-order valence-electron chi connectivity index (χ3n) is 4.47. The molecular weight excluding hydrogens is 274 g/mol. The Balaban J connectivity index is 2.27. The van der Waals surface area contributed by atoms with Crippen LogP contribution in [-0.4, -0.2) is 44.0 Å². The van der Waals surface area contributed by atoms with Crippen molar-refractivity contribution in [1.29, 1.82) is 5.41 Å². The van der Waals surface area contributed by atoms with E-state index in [0.29, 0.717) is 6.54 Å². The highest BCUT2D eigenvalue weighted by atomic mass is 19.1. The number of nitrogen functional groups attached to an aromatic ring is 1. The molecule has 1 saturated carbocycles. The van der Waals surface area contributed by atoms with E-state index in [4.69, 9.17) is 11.1 Å². The standard InChI is InChI=1S/C15H22F2N4/c1-20(2)15(5-4-6-15)9-21(3)13-11(16)7-10(14(18)19)8-12(13)17/h7-8H,4-6,9H2,1-3H3,(H3,18,19). The van der Waals surface area contributed by atoms with Gasteiger partial charge >= 0.3 is 0 Å². The molecule has 0 radical (unpaired) electrons. The van der Waals surface area contributed by atoms with Gasteiger partial charge in [0.2, 0.25) is 0 Å². The number of nitrogens with zero attached hydrogens (tertiary/aromatic N) is 2. The summed E-state index contributed by atoms with van der Waals surface area (Å²) < 4.78 is 28.3. The van der Waals surface area contributed by atoms with Gasteiger partial charge in [-0.15, -0.1) is 0 Å². The number of hydrogen-bond acceptors (Lipinski definition) is 3. The number of amidine groups is 1. The summed E-state index contributed by atoms with van der Waals surface area (Å²) in [5.41, 5.74) is 5.26. The molecule has 3 N–H and O–H groups in total. The molecule has 21 heavy (non-hydrogen) atoms. The normalized spacial score (nSPS) is 16.7. The molecule has 0 heterocycles. The molecule has 0 unspecified atom stereocenters. The van der Waals surface area contributed by atoms with Gasteiger partial charge in [0, 0.05) is 24.7 Å². The molecule has 1 aliphatic rings. The van der Waals surface area contributed by atoms with Gasteiger partial charge in [-0.05, 0) is 45.5 Å². The van der Waals surface area contributed by atoms with Crippen LogP contribution >= 0.6 is 0 Å². The van der Waals surface area contributed by atoms with Crippen LogP contribution in [0, 0.1) is 17.0 Å². The lowest BCUT2D eigenvalue weighted by Gasteiger charge is -2.49. The minimum atomic E-state index is -0.684. The van der Waals surface area contributed by atoms with E-state index in [1.165, 1.54) is 0 Å². The molecule has 0 saturated heterocycles. The highest BCUT2D eigenvalue weighted by Crippen LogP contribution is 2.38. The summed E-state index contributed by atoms with van der Waals surface area (Å²) in [6.07, 6.45) is 3.19. The molecule has 1 aromatic carbocycles. The van der Waals surface area contributed by atoms with Crippen LogP contribution in [-0.2, 0) is 0 Å². The van der Waals surface area contributed by atoms with Gasteiger partial charge in [0.15, 0.2) is 0 Å². The van der Waals surface area contributed by atoms with Crippen LogP contribution in [0.5, 0.6) is 0 Å². The van der Waals surface area contributed by atoms with E-state index >= 15 is 0 Å². The molecule has 1 fully saturated rings. The van der Waals surface area contributed by atoms with Crippen molar-refractivity contribution in [2.75, 3.05) is 32.6 Å². The van der Waals surface area contributed by atoms with Crippen molar-refractivity contribution in [1.82, 2.24) is 4.90 Å². The van der Waals surface area contributed by atoms with E-state index in [1.54, 1.807) is 11.9 Å². The van der Waals surface area contributed by atoms with Gasteiger partial charge in [0.25, 0.3) is 0 Å². The molecule has 6 heteroatoms. The van der Waals surface area contributed by atoms with Crippen LogP contribution in [0.25, 0.3) is 0 Å². The van der Waals surface area contributed by atoms with Crippen molar-refractivity contribution in [2.24, 2.45) is 5.73 Å². The maximum absolute atomic E-state index is 14.2. The quantitative estimate of drug-likeness (QED) is 0.647. The first-order chi connectivity index (χ1) is 9.77. The molecule has 0 bridgehead atoms. The zero-order valence-corrected chi connectivity index (χ0v) is 12.7. The van der Waals surface area contributed by atoms with Gasteiger partial charge < -0.3 is 15.5 Å². The number of anilines is 1. The van der Waals surface area contributed by atoms with Crippen molar-refractivity contribution in [2.45, 2.75) is 24.8 Å². The molecular formula is C15H22F2N4. The Bertz CT molecular complexity index is 530. The van der Waals surface area contributed by atoms with E-state index in [-0.39, 0.29) is 22.6 Å². The smallest absolute Gasteiger partial charge is 0.150 e. The molecule has 0 atom stereocenters. The van der Waals surface area contributed by atoms with Gasteiger partial charge in [-0.3, -0.25) is 5.41 Å². The predicted molar refractivity (Wildman–Crippen MR) is 80.9 cm³/mol. The highest BCUT2D eigenvalue weighted by Gasteiger charge is 2.40. The summed E-state index contributed by atoms with van der Waals surface area (Å²) >= 11 is 0. The number of hydrogen-bond donors (Lipinski definition) is 2. The zero-order valence-electron chi connectivity index (χ0n) is 12.7. The third kappa shape index (κ3) is 2.85. The summed E-state index contributed by atoms with van der Waals surface area (Å²) in [7, 11) is 5.69. The maximum Gasteiger partial charge on any atom is 0.150 e. The molecule has 1 aliphatic carbocycles. The first-order valence-electron chi connectivity index (χ1n) is 6.99. The highest BCUT2D eigenvalue weighted by molar-refractivity contribution is 5.95. The van der Waals surface area contributed by atoms with Crippen LogP contribution in [0.4, 0.5) is 14.5 Å². The van der Waals surface area contributed by atoms with Gasteiger partial charge in [-0.25, -0.2) is 8.78 Å². The Morgan fingerprint density at radius 2 is 1.76 bits per heavy atom. The Morgan fingerprint density at radius 1 is 1.24 bits per heavy atom. The summed E-state index contributed by atoms with van der Waals surface area (Å²) in [6.45, 7) is 0.563. The summed E-state index contributed by atoms with van der Waals surface area (Å²) in [4.78, 5) is 3.75. The van der Waals surface area contributed by atoms with Crippen molar-refractivity contribution in [3.63, 3.8) is 0 Å². The Morgan fingerprint density at radius 3 is 2.10 bits per heavy atom. The number of rotatable bonds is 5. The van der Waals surface area contributed by atoms with Crippen molar-refractivity contribution in [3.8, 4) is 0 Å². The Labute approximate surface area is 124 Å². The summed E-state index contributed by atoms with van der Waals surface area (Å²) in [5, 5.41) is 7.27. The number of likely N-dealkylation sites (N-methyl/N-ethyl adjacent to an activating group) is 2. The average Bonchev–Trinajstić information content (AvgIpc) is 2.32. The van der Waals surface area contributed by atoms with Gasteiger partial charge in [0.1, 0.15) is 23.2 Å². The lowest BCUT2D eigenvalue weighted by Crippen LogP contribution is -2.57. The Kier molecular flexibility index (Phi) is 4.18. The fourth-order valence-corrected chi connectivity index (χ4v) is 2.94. The maximum atomic E-state index is 14.2.